The Hall–Kier alpha value is -4.91. The number of rotatable bonds is 6. The summed E-state index contributed by atoms with van der Waals surface area (Å²) in [5, 5.41) is 5.38. The quantitative estimate of drug-likeness (QED) is 0.135. The maximum atomic E-state index is 12.0. The zero-order valence-electron chi connectivity index (χ0n) is 31.2. The van der Waals surface area contributed by atoms with Gasteiger partial charge in [-0.1, -0.05) is 121 Å². The Bertz CT molecular complexity index is 2830. The Morgan fingerprint density at radius 1 is 0.383 bits per heavy atom. The van der Waals surface area contributed by atoms with Crippen molar-refractivity contribution in [2.24, 2.45) is 0 Å². The third-order valence-corrected chi connectivity index (χ3v) is 15.7. The molecule has 0 amide bonds. The molecule has 0 aliphatic rings. The lowest BCUT2D eigenvalue weighted by molar-refractivity contribution is -0.597. The van der Waals surface area contributed by atoms with Crippen molar-refractivity contribution >= 4 is 52.6 Å². The maximum absolute atomic E-state index is 12.0. The van der Waals surface area contributed by atoms with Crippen LogP contribution >= 0.6 is 0 Å². The molecule has 0 aliphatic heterocycles. The van der Waals surface area contributed by atoms with Crippen LogP contribution in [0.4, 0.5) is 13.2 Å². The van der Waals surface area contributed by atoms with Gasteiger partial charge in [0, 0.05) is 5.39 Å². The molecule has 304 valence electrons. The van der Waals surface area contributed by atoms with Gasteiger partial charge >= 0.3 is 48.6 Å². The Morgan fingerprint density at radius 2 is 0.750 bits per heavy atom. The average molecular weight is 1070 g/mol. The molecule has 0 bridgehead atoms. The van der Waals surface area contributed by atoms with Crippen molar-refractivity contribution < 1.29 is 81.5 Å². The Morgan fingerprint density at radius 3 is 1.12 bits per heavy atom. The summed E-state index contributed by atoms with van der Waals surface area (Å²) in [6, 6.07) is 61.7. The smallest absolute Gasteiger partial charge is 0.416 e. The Labute approximate surface area is 367 Å². The number of halogens is 5. The van der Waals surface area contributed by atoms with Gasteiger partial charge in [-0.3, -0.25) is 0 Å². The average Bonchev–Trinajstić information content (AvgIpc) is 3.24. The van der Waals surface area contributed by atoms with Crippen LogP contribution in [0.1, 0.15) is 5.56 Å². The number of hydrogen-bond donors (Lipinski definition) is 0. The van der Waals surface area contributed by atoms with E-state index in [4.69, 9.17) is 0 Å². The second-order valence-electron chi connectivity index (χ2n) is 12.7. The second-order valence-corrected chi connectivity index (χ2v) is 21.5. The van der Waals surface area contributed by atoms with Crippen molar-refractivity contribution in [3.8, 4) is 0 Å². The zero-order chi connectivity index (χ0) is 42.8. The molecule has 13 heteroatoms. The van der Waals surface area contributed by atoms with E-state index in [1.807, 2.05) is 36.4 Å². The summed E-state index contributed by atoms with van der Waals surface area (Å²) in [6.45, 7) is 0. The van der Waals surface area contributed by atoms with Gasteiger partial charge in [-0.05, 0) is 106 Å². The molecular weight excluding hydrogens is 1040 g/mol. The van der Waals surface area contributed by atoms with E-state index < -0.39 is 36.9 Å². The molecule has 0 unspecified atom stereocenters. The molecule has 0 saturated heterocycles. The summed E-state index contributed by atoms with van der Waals surface area (Å²) in [5.74, 6) is 0. The molecule has 0 fully saturated rings. The molecule has 0 aromatic heterocycles. The van der Waals surface area contributed by atoms with Crippen LogP contribution in [0.25, 0.3) is 32.3 Å². The van der Waals surface area contributed by atoms with Crippen LogP contribution in [0, 0.1) is 14.3 Å². The van der Waals surface area contributed by atoms with Gasteiger partial charge in [-0.2, -0.15) is 13.2 Å². The predicted molar refractivity (Wildman–Crippen MR) is 218 cm³/mol. The normalized spacial score (nSPS) is 11.5. The van der Waals surface area contributed by atoms with Crippen molar-refractivity contribution in [1.29, 1.82) is 0 Å². The van der Waals surface area contributed by atoms with E-state index in [1.54, 1.807) is 12.1 Å². The first-order valence-corrected chi connectivity index (χ1v) is 25.1. The number of hydrogen-bond acceptors (Lipinski definition) is 6. The first-order chi connectivity index (χ1) is 28.7. The molecular formula is C47H33F3I2O6S2. The summed E-state index contributed by atoms with van der Waals surface area (Å²) in [7, 11) is -9.16. The molecule has 6 nitrogen and oxygen atoms in total. The topological polar surface area (TPSA) is 114 Å². The van der Waals surface area contributed by atoms with Gasteiger partial charge in [-0.25, -0.2) is 16.8 Å². The molecule has 0 heterocycles. The lowest BCUT2D eigenvalue weighted by Gasteiger charge is -2.15. The second kappa shape index (κ2) is 20.1. The molecule has 9 rings (SSSR count). The van der Waals surface area contributed by atoms with E-state index in [0.717, 1.165) is 26.9 Å². The number of benzene rings is 9. The minimum atomic E-state index is -4.68. The van der Waals surface area contributed by atoms with E-state index in [9.17, 15) is 39.1 Å². The van der Waals surface area contributed by atoms with Crippen LogP contribution in [0.15, 0.2) is 210 Å². The third-order valence-electron chi connectivity index (χ3n) is 8.60. The fraction of sp³-hybridized carbons (Fsp3) is 0.0213. The Balaban J connectivity index is 0.000000137. The highest BCUT2D eigenvalue weighted by Crippen LogP contribution is 2.37. The maximum Gasteiger partial charge on any atom is 0.416 e. The fourth-order valence-electron chi connectivity index (χ4n) is 5.90. The van der Waals surface area contributed by atoms with E-state index >= 15 is 0 Å². The van der Waals surface area contributed by atoms with Gasteiger partial charge in [0.1, 0.15) is 20.2 Å². The van der Waals surface area contributed by atoms with Crippen molar-refractivity contribution in [1.82, 2.24) is 0 Å². The molecule has 0 aliphatic carbocycles. The summed E-state index contributed by atoms with van der Waals surface area (Å²) >= 11 is 0.0574. The van der Waals surface area contributed by atoms with Crippen LogP contribution in [0.3, 0.4) is 0 Å². The fourth-order valence-corrected chi connectivity index (χ4v) is 11.6. The van der Waals surface area contributed by atoms with Crippen molar-refractivity contribution in [2.45, 2.75) is 16.0 Å². The van der Waals surface area contributed by atoms with E-state index in [2.05, 4.69) is 121 Å². The molecule has 9 aromatic rings. The molecule has 0 spiro atoms. The monoisotopic (exact) mass is 1070 g/mol. The minimum absolute atomic E-state index is 0.0287. The molecule has 9 aromatic carbocycles. The van der Waals surface area contributed by atoms with Gasteiger partial charge in [0.2, 0.25) is 0 Å². The van der Waals surface area contributed by atoms with Crippen LogP contribution < -0.4 is 42.4 Å². The van der Waals surface area contributed by atoms with Gasteiger partial charge in [-0.15, -0.1) is 0 Å². The number of alkyl halides is 3. The standard InChI is InChI=1S/C16H10O3S.2C12H10I.C7H5F3O3S/c17-20(18,19)14-9-7-12-5-4-10-2-1-3-11-6-8-13(14)16(12)15(10)11;2*1-3-7-11(8-4-1)13-12-9-5-2-6-10-12;8-7(9,10)5-1-3-6(4-2-5)14(11,12)13/h1-9H,(H,17,18,19);2*1-10H;1-4H,(H,11,12,13)/q;2*+1;/p-2. The van der Waals surface area contributed by atoms with E-state index in [-0.39, 0.29) is 47.3 Å². The van der Waals surface area contributed by atoms with E-state index in [1.165, 1.54) is 20.3 Å². The highest BCUT2D eigenvalue weighted by Gasteiger charge is 2.30. The molecule has 60 heavy (non-hydrogen) atoms. The van der Waals surface area contributed by atoms with Gasteiger partial charge < -0.3 is 9.11 Å². The first kappa shape index (κ1) is 44.6. The van der Waals surface area contributed by atoms with E-state index in [0.29, 0.717) is 29.7 Å². The van der Waals surface area contributed by atoms with Gasteiger partial charge in [0.25, 0.3) is 0 Å². The largest absolute Gasteiger partial charge is 0.744 e. The highest BCUT2D eigenvalue weighted by molar-refractivity contribution is 7.86. The molecule has 0 atom stereocenters. The summed E-state index contributed by atoms with van der Waals surface area (Å²) in [6.07, 6.45) is -4.54. The Kier molecular flexibility index (Phi) is 15.0. The van der Waals surface area contributed by atoms with Gasteiger partial charge in [0.05, 0.1) is 15.4 Å². The first-order valence-electron chi connectivity index (χ1n) is 17.9. The van der Waals surface area contributed by atoms with Crippen molar-refractivity contribution in [2.75, 3.05) is 0 Å². The lowest BCUT2D eigenvalue weighted by Crippen LogP contribution is -3.61. The molecule has 0 radical (unpaired) electrons. The third kappa shape index (κ3) is 12.3. The van der Waals surface area contributed by atoms with Crippen LogP contribution in [0.2, 0.25) is 0 Å². The van der Waals surface area contributed by atoms with Crippen LogP contribution in [0.5, 0.6) is 0 Å². The van der Waals surface area contributed by atoms with Crippen molar-refractivity contribution in [3.63, 3.8) is 0 Å². The van der Waals surface area contributed by atoms with Gasteiger partial charge in [0.15, 0.2) is 14.3 Å². The molecule has 0 N–H and O–H groups in total. The zero-order valence-corrected chi connectivity index (χ0v) is 37.2. The SMILES string of the molecule is O=S(=O)([O-])c1ccc(C(F)(F)F)cc1.O=S(=O)([O-])c1ccc2ccc3cccc4ccc1c2c34.c1ccc([I+]c2ccccc2)cc1.c1ccc([I+]c2ccccc2)cc1. The minimum Gasteiger partial charge on any atom is -0.744 e. The van der Waals surface area contributed by atoms with Crippen molar-refractivity contribution in [3.05, 3.63) is 220 Å². The van der Waals surface area contributed by atoms with Crippen LogP contribution in [-0.4, -0.2) is 25.9 Å². The lowest BCUT2D eigenvalue weighted by atomic mass is 9.94. The summed E-state index contributed by atoms with van der Waals surface area (Å²) < 4.78 is 107. The summed E-state index contributed by atoms with van der Waals surface area (Å²) in [4.78, 5) is -0.825. The van der Waals surface area contributed by atoms with Crippen LogP contribution in [-0.2, 0) is 26.4 Å². The predicted octanol–water partition coefficient (Wildman–Crippen LogP) is 4.73. The molecule has 0 saturated carbocycles. The highest BCUT2D eigenvalue weighted by atomic mass is 127. The summed E-state index contributed by atoms with van der Waals surface area (Å²) in [5.41, 5.74) is -0.995.